The molecule has 2 rings (SSSR count). The second kappa shape index (κ2) is 5.87. The summed E-state index contributed by atoms with van der Waals surface area (Å²) in [6.45, 7) is -0.143. The zero-order valence-electron chi connectivity index (χ0n) is 10.1. The van der Waals surface area contributed by atoms with E-state index in [-0.39, 0.29) is 16.6 Å². The van der Waals surface area contributed by atoms with Crippen molar-refractivity contribution >= 4 is 34.8 Å². The normalized spacial score (nSPS) is 11.7. The molecule has 0 atom stereocenters. The van der Waals surface area contributed by atoms with E-state index in [1.54, 1.807) is 0 Å². The van der Waals surface area contributed by atoms with E-state index in [2.05, 4.69) is 5.10 Å². The Hall–Kier alpha value is -1.24. The summed E-state index contributed by atoms with van der Waals surface area (Å²) in [5.41, 5.74) is -1.64. The molecule has 0 saturated heterocycles. The van der Waals surface area contributed by atoms with Crippen LogP contribution in [0, 0.1) is 0 Å². The van der Waals surface area contributed by atoms with Crippen LogP contribution in [0.3, 0.4) is 0 Å². The van der Waals surface area contributed by atoms with Crippen molar-refractivity contribution < 1.29 is 13.2 Å². The summed E-state index contributed by atoms with van der Waals surface area (Å²) in [5.74, 6) is 0. The van der Waals surface area contributed by atoms with Crippen molar-refractivity contribution in [3.8, 4) is 0 Å². The third-order valence-corrected chi connectivity index (χ3v) is 3.64. The first-order valence-corrected chi connectivity index (χ1v) is 6.59. The van der Waals surface area contributed by atoms with E-state index in [9.17, 15) is 18.0 Å². The van der Waals surface area contributed by atoms with Gasteiger partial charge in [0.1, 0.15) is 0 Å². The van der Waals surface area contributed by atoms with Gasteiger partial charge < -0.3 is 0 Å². The lowest BCUT2D eigenvalue weighted by Gasteiger charge is -2.10. The average Bonchev–Trinajstić information content (AvgIpc) is 2.36. The van der Waals surface area contributed by atoms with Gasteiger partial charge in [0.25, 0.3) is 5.56 Å². The van der Waals surface area contributed by atoms with Gasteiger partial charge in [-0.3, -0.25) is 4.79 Å². The molecule has 21 heavy (non-hydrogen) atoms. The van der Waals surface area contributed by atoms with Crippen LogP contribution in [0.5, 0.6) is 0 Å². The summed E-state index contributed by atoms with van der Waals surface area (Å²) < 4.78 is 38.2. The SMILES string of the molecule is O=c1cc(C(F)(F)F)cnn1Cc1cc(Cl)cc(Cl)c1Cl. The van der Waals surface area contributed by atoms with Crippen molar-refractivity contribution in [1.29, 1.82) is 0 Å². The Morgan fingerprint density at radius 2 is 1.81 bits per heavy atom. The molecule has 0 aliphatic heterocycles. The number of nitrogens with zero attached hydrogens (tertiary/aromatic N) is 2. The van der Waals surface area contributed by atoms with Crippen LogP contribution in [0.25, 0.3) is 0 Å². The smallest absolute Gasteiger partial charge is 0.268 e. The highest BCUT2D eigenvalue weighted by molar-refractivity contribution is 6.43. The predicted octanol–water partition coefficient (Wildman–Crippen LogP) is 4.27. The number of halogens is 6. The van der Waals surface area contributed by atoms with E-state index in [4.69, 9.17) is 34.8 Å². The lowest BCUT2D eigenvalue weighted by molar-refractivity contribution is -0.138. The first kappa shape index (κ1) is 16.1. The van der Waals surface area contributed by atoms with Gasteiger partial charge in [-0.15, -0.1) is 0 Å². The summed E-state index contributed by atoms with van der Waals surface area (Å²) in [7, 11) is 0. The summed E-state index contributed by atoms with van der Waals surface area (Å²) in [5, 5.41) is 4.11. The molecule has 9 heteroatoms. The minimum absolute atomic E-state index is 0.143. The van der Waals surface area contributed by atoms with Gasteiger partial charge in [0.2, 0.25) is 0 Å². The van der Waals surface area contributed by atoms with Crippen LogP contribution in [-0.2, 0) is 12.7 Å². The zero-order chi connectivity index (χ0) is 15.8. The Kier molecular flexibility index (Phi) is 4.51. The molecular weight excluding hydrogens is 351 g/mol. The number of alkyl halides is 3. The number of hydrogen-bond donors (Lipinski definition) is 0. The van der Waals surface area contributed by atoms with Crippen LogP contribution < -0.4 is 5.56 Å². The minimum atomic E-state index is -4.62. The molecule has 1 heterocycles. The molecule has 0 bridgehead atoms. The van der Waals surface area contributed by atoms with Gasteiger partial charge in [0.15, 0.2) is 0 Å². The van der Waals surface area contributed by atoms with Crippen molar-refractivity contribution in [2.45, 2.75) is 12.7 Å². The van der Waals surface area contributed by atoms with Crippen LogP contribution in [0.15, 0.2) is 29.2 Å². The molecule has 0 unspecified atom stereocenters. The second-order valence-corrected chi connectivity index (χ2v) is 5.32. The molecule has 2 aromatic rings. The zero-order valence-corrected chi connectivity index (χ0v) is 12.4. The van der Waals surface area contributed by atoms with E-state index in [1.807, 2.05) is 0 Å². The molecule has 0 amide bonds. The Morgan fingerprint density at radius 1 is 1.14 bits per heavy atom. The lowest BCUT2D eigenvalue weighted by Crippen LogP contribution is -2.25. The summed E-state index contributed by atoms with van der Waals surface area (Å²) >= 11 is 17.6. The van der Waals surface area contributed by atoms with Crippen LogP contribution in [0.1, 0.15) is 11.1 Å². The standard InChI is InChI=1S/C12H6Cl3F3N2O/c13-8-1-6(11(15)9(14)3-8)5-20-10(21)2-7(4-19-20)12(16,17)18/h1-4H,5H2. The van der Waals surface area contributed by atoms with Crippen molar-refractivity contribution in [2.24, 2.45) is 0 Å². The predicted molar refractivity (Wildman–Crippen MR) is 74.1 cm³/mol. The molecule has 1 aromatic carbocycles. The molecular formula is C12H6Cl3F3N2O. The highest BCUT2D eigenvalue weighted by atomic mass is 35.5. The summed E-state index contributed by atoms with van der Waals surface area (Å²) in [4.78, 5) is 11.7. The van der Waals surface area contributed by atoms with E-state index < -0.39 is 17.3 Å². The van der Waals surface area contributed by atoms with Gasteiger partial charge in [0.05, 0.1) is 28.4 Å². The van der Waals surface area contributed by atoms with Gasteiger partial charge in [-0.05, 0) is 17.7 Å². The highest BCUT2D eigenvalue weighted by Gasteiger charge is 2.31. The van der Waals surface area contributed by atoms with Crippen molar-refractivity contribution in [3.05, 3.63) is 60.9 Å². The van der Waals surface area contributed by atoms with Crippen LogP contribution in [-0.4, -0.2) is 9.78 Å². The first-order chi connectivity index (χ1) is 9.68. The maximum Gasteiger partial charge on any atom is 0.418 e. The largest absolute Gasteiger partial charge is 0.418 e. The summed E-state index contributed by atoms with van der Waals surface area (Å²) in [6, 6.07) is 3.34. The lowest BCUT2D eigenvalue weighted by atomic mass is 10.2. The van der Waals surface area contributed by atoms with Gasteiger partial charge in [-0.2, -0.15) is 18.3 Å². The fraction of sp³-hybridized carbons (Fsp3) is 0.167. The van der Waals surface area contributed by atoms with Crippen molar-refractivity contribution in [1.82, 2.24) is 9.78 Å². The quantitative estimate of drug-likeness (QED) is 0.752. The Labute approximate surface area is 131 Å². The van der Waals surface area contributed by atoms with Crippen molar-refractivity contribution in [3.63, 3.8) is 0 Å². The van der Waals surface area contributed by atoms with Crippen LogP contribution in [0.2, 0.25) is 15.1 Å². The van der Waals surface area contributed by atoms with E-state index in [1.165, 1.54) is 12.1 Å². The number of benzene rings is 1. The van der Waals surface area contributed by atoms with Gasteiger partial charge in [-0.25, -0.2) is 4.68 Å². The second-order valence-electron chi connectivity index (χ2n) is 4.10. The fourth-order valence-electron chi connectivity index (χ4n) is 1.59. The molecule has 0 saturated carbocycles. The van der Waals surface area contributed by atoms with E-state index >= 15 is 0 Å². The Balaban J connectivity index is 2.40. The average molecular weight is 358 g/mol. The molecule has 0 N–H and O–H groups in total. The van der Waals surface area contributed by atoms with Crippen molar-refractivity contribution in [2.75, 3.05) is 0 Å². The van der Waals surface area contributed by atoms with Crippen LogP contribution in [0.4, 0.5) is 13.2 Å². The maximum absolute atomic E-state index is 12.5. The van der Waals surface area contributed by atoms with E-state index in [0.717, 1.165) is 4.68 Å². The number of aromatic nitrogens is 2. The minimum Gasteiger partial charge on any atom is -0.268 e. The third kappa shape index (κ3) is 3.70. The molecule has 0 spiro atoms. The molecule has 112 valence electrons. The monoisotopic (exact) mass is 356 g/mol. The molecule has 0 radical (unpaired) electrons. The Bertz CT molecular complexity index is 744. The molecule has 3 nitrogen and oxygen atoms in total. The van der Waals surface area contributed by atoms with Crippen LogP contribution >= 0.6 is 34.8 Å². The molecule has 0 fully saturated rings. The highest BCUT2D eigenvalue weighted by Crippen LogP contribution is 2.30. The molecule has 0 aliphatic rings. The number of hydrogen-bond acceptors (Lipinski definition) is 2. The van der Waals surface area contributed by atoms with E-state index in [0.29, 0.717) is 22.8 Å². The topological polar surface area (TPSA) is 34.9 Å². The maximum atomic E-state index is 12.5. The molecule has 0 aliphatic carbocycles. The van der Waals surface area contributed by atoms with Gasteiger partial charge >= 0.3 is 6.18 Å². The Morgan fingerprint density at radius 3 is 2.38 bits per heavy atom. The number of rotatable bonds is 2. The fourth-order valence-corrected chi connectivity index (χ4v) is 2.30. The summed E-state index contributed by atoms with van der Waals surface area (Å²) in [6.07, 6.45) is -4.05. The van der Waals surface area contributed by atoms with Gasteiger partial charge in [-0.1, -0.05) is 34.8 Å². The molecule has 1 aromatic heterocycles. The van der Waals surface area contributed by atoms with Gasteiger partial charge in [0, 0.05) is 11.1 Å². The third-order valence-electron chi connectivity index (χ3n) is 2.59. The first-order valence-electron chi connectivity index (χ1n) is 5.46.